The zero-order valence-electron chi connectivity index (χ0n) is 19.3. The molecule has 2 atom stereocenters. The van der Waals surface area contributed by atoms with Gasteiger partial charge in [0.25, 0.3) is 5.91 Å². The Balaban J connectivity index is 1.75. The smallest absolute Gasteiger partial charge is 0.326 e. The Hall–Kier alpha value is -4.28. The van der Waals surface area contributed by atoms with E-state index in [1.807, 2.05) is 24.3 Å². The Bertz CT molecular complexity index is 1230. The van der Waals surface area contributed by atoms with Gasteiger partial charge in [0.2, 0.25) is 5.95 Å². The Kier molecular flexibility index (Phi) is 8.13. The molecule has 3 rings (SSSR count). The average molecular weight is 481 g/mol. The van der Waals surface area contributed by atoms with Crippen molar-refractivity contribution in [3.05, 3.63) is 53.2 Å². The Morgan fingerprint density at radius 1 is 0.971 bits per heavy atom. The molecule has 0 bridgehead atoms. The van der Waals surface area contributed by atoms with E-state index in [1.165, 1.54) is 0 Å². The van der Waals surface area contributed by atoms with Crippen LogP contribution in [0.15, 0.2) is 36.4 Å². The lowest BCUT2D eigenvalue weighted by atomic mass is 9.89. The second-order valence-corrected chi connectivity index (χ2v) is 8.25. The third kappa shape index (κ3) is 6.62. The number of nitrogens with two attached hydrogens (primary N) is 2. The normalized spacial score (nSPS) is 12.7. The van der Waals surface area contributed by atoms with Crippen LogP contribution in [0.3, 0.4) is 0 Å². The highest BCUT2D eigenvalue weighted by Gasteiger charge is 2.22. The number of carboxylic acids is 2. The SMILES string of the molecule is CCCC(Cc1ccc2nc(N)nc(N)c2n1)c1ccc(C(=O)NC(CCC(=O)O)C(=O)O)cc1. The summed E-state index contributed by atoms with van der Waals surface area (Å²) in [6.07, 6.45) is 1.90. The number of nitrogens with zero attached hydrogens (tertiary/aromatic N) is 3. The van der Waals surface area contributed by atoms with Crippen molar-refractivity contribution in [2.75, 3.05) is 11.5 Å². The first-order chi connectivity index (χ1) is 16.7. The molecule has 11 heteroatoms. The first-order valence-electron chi connectivity index (χ1n) is 11.2. The second-order valence-electron chi connectivity index (χ2n) is 8.25. The van der Waals surface area contributed by atoms with Crippen LogP contribution in [0.2, 0.25) is 0 Å². The molecule has 0 aliphatic rings. The van der Waals surface area contributed by atoms with E-state index < -0.39 is 23.9 Å². The van der Waals surface area contributed by atoms with Gasteiger partial charge in [0.1, 0.15) is 11.6 Å². The van der Waals surface area contributed by atoms with Gasteiger partial charge in [0.15, 0.2) is 5.82 Å². The highest BCUT2D eigenvalue weighted by molar-refractivity contribution is 5.96. The average Bonchev–Trinajstić information content (AvgIpc) is 2.81. The minimum Gasteiger partial charge on any atom is -0.481 e. The maximum absolute atomic E-state index is 12.5. The number of nitrogen functional groups attached to an aromatic ring is 2. The van der Waals surface area contributed by atoms with E-state index >= 15 is 0 Å². The van der Waals surface area contributed by atoms with Crippen molar-refractivity contribution in [1.82, 2.24) is 20.3 Å². The number of aromatic nitrogens is 3. The summed E-state index contributed by atoms with van der Waals surface area (Å²) in [5, 5.41) is 20.4. The summed E-state index contributed by atoms with van der Waals surface area (Å²) in [4.78, 5) is 47.3. The fraction of sp³-hybridized carbons (Fsp3) is 0.333. The first kappa shape index (κ1) is 25.3. The Morgan fingerprint density at radius 3 is 2.31 bits per heavy atom. The molecule has 3 aromatic rings. The first-order valence-corrected chi connectivity index (χ1v) is 11.2. The van der Waals surface area contributed by atoms with E-state index in [2.05, 4.69) is 27.2 Å². The molecule has 0 fully saturated rings. The fourth-order valence-corrected chi connectivity index (χ4v) is 3.87. The Morgan fingerprint density at radius 2 is 1.69 bits per heavy atom. The summed E-state index contributed by atoms with van der Waals surface area (Å²) in [5.74, 6) is -2.55. The number of carbonyl (C=O) groups excluding carboxylic acids is 1. The van der Waals surface area contributed by atoms with E-state index in [4.69, 9.17) is 16.6 Å². The highest BCUT2D eigenvalue weighted by atomic mass is 16.4. The molecule has 2 heterocycles. The van der Waals surface area contributed by atoms with Crippen molar-refractivity contribution in [3.8, 4) is 0 Å². The lowest BCUT2D eigenvalue weighted by molar-refractivity contribution is -0.140. The van der Waals surface area contributed by atoms with E-state index in [9.17, 15) is 19.5 Å². The summed E-state index contributed by atoms with van der Waals surface area (Å²) in [6.45, 7) is 2.08. The number of carboxylic acid groups (broad SMARTS) is 2. The van der Waals surface area contributed by atoms with Crippen LogP contribution in [0.5, 0.6) is 0 Å². The van der Waals surface area contributed by atoms with Gasteiger partial charge in [0, 0.05) is 17.7 Å². The fourth-order valence-electron chi connectivity index (χ4n) is 3.87. The van der Waals surface area contributed by atoms with Crippen molar-refractivity contribution in [2.45, 2.75) is 51.0 Å². The van der Waals surface area contributed by atoms with Crippen molar-refractivity contribution < 1.29 is 24.6 Å². The summed E-state index contributed by atoms with van der Waals surface area (Å²) >= 11 is 0. The lowest BCUT2D eigenvalue weighted by Gasteiger charge is -2.18. The summed E-state index contributed by atoms with van der Waals surface area (Å²) < 4.78 is 0. The van der Waals surface area contributed by atoms with Crippen molar-refractivity contribution in [2.24, 2.45) is 0 Å². The van der Waals surface area contributed by atoms with Crippen molar-refractivity contribution >= 4 is 40.6 Å². The molecule has 35 heavy (non-hydrogen) atoms. The van der Waals surface area contributed by atoms with Crippen LogP contribution in [-0.4, -0.2) is 49.1 Å². The number of carbonyl (C=O) groups is 3. The number of pyridine rings is 1. The van der Waals surface area contributed by atoms with Gasteiger partial charge in [-0.2, -0.15) is 4.98 Å². The van der Waals surface area contributed by atoms with E-state index in [1.54, 1.807) is 12.1 Å². The zero-order valence-corrected chi connectivity index (χ0v) is 19.3. The molecule has 0 radical (unpaired) electrons. The summed E-state index contributed by atoms with van der Waals surface area (Å²) in [5.41, 5.74) is 14.8. The van der Waals surface area contributed by atoms with Gasteiger partial charge in [-0.25, -0.2) is 14.8 Å². The van der Waals surface area contributed by atoms with Gasteiger partial charge in [-0.05, 0) is 55.0 Å². The van der Waals surface area contributed by atoms with Gasteiger partial charge in [-0.15, -0.1) is 0 Å². The number of rotatable bonds is 11. The van der Waals surface area contributed by atoms with Crippen LogP contribution in [0.4, 0.5) is 11.8 Å². The molecule has 2 unspecified atom stereocenters. The molecule has 1 amide bonds. The number of fused-ring (bicyclic) bond motifs is 1. The number of aliphatic carboxylic acids is 2. The van der Waals surface area contributed by atoms with Crippen LogP contribution >= 0.6 is 0 Å². The van der Waals surface area contributed by atoms with Gasteiger partial charge in [0.05, 0.1) is 5.52 Å². The molecule has 0 spiro atoms. The van der Waals surface area contributed by atoms with Crippen molar-refractivity contribution in [3.63, 3.8) is 0 Å². The number of benzene rings is 1. The molecule has 7 N–H and O–H groups in total. The van der Waals surface area contributed by atoms with Crippen molar-refractivity contribution in [1.29, 1.82) is 0 Å². The van der Waals surface area contributed by atoms with Crippen LogP contribution < -0.4 is 16.8 Å². The van der Waals surface area contributed by atoms with Crippen LogP contribution in [0.1, 0.15) is 60.1 Å². The number of amides is 1. The molecule has 0 aliphatic carbocycles. The standard InChI is InChI=1S/C24H28N6O5/c1-2-3-15(12-16-8-9-17-20(27-16)21(25)30-24(26)29-17)13-4-6-14(7-5-13)22(33)28-18(23(34)35)10-11-19(31)32/h4-9,15,18H,2-3,10-12H2,1H3,(H,28,33)(H,31,32)(H,34,35)(H4,25,26,29,30). The maximum Gasteiger partial charge on any atom is 0.326 e. The minimum atomic E-state index is -1.28. The largest absolute Gasteiger partial charge is 0.481 e. The third-order valence-electron chi connectivity index (χ3n) is 5.63. The van der Waals surface area contributed by atoms with E-state index in [0.717, 1.165) is 24.1 Å². The monoisotopic (exact) mass is 480 g/mol. The molecule has 11 nitrogen and oxygen atoms in total. The highest BCUT2D eigenvalue weighted by Crippen LogP contribution is 2.27. The molecule has 0 saturated carbocycles. The molecular weight excluding hydrogens is 452 g/mol. The molecule has 0 saturated heterocycles. The minimum absolute atomic E-state index is 0.0918. The third-order valence-corrected chi connectivity index (χ3v) is 5.63. The summed E-state index contributed by atoms with van der Waals surface area (Å²) in [7, 11) is 0. The van der Waals surface area contributed by atoms with Crippen LogP contribution in [0.25, 0.3) is 11.0 Å². The van der Waals surface area contributed by atoms with Crippen LogP contribution in [0, 0.1) is 0 Å². The summed E-state index contributed by atoms with van der Waals surface area (Å²) in [6, 6.07) is 9.34. The topological polar surface area (TPSA) is 194 Å². The number of hydrogen-bond donors (Lipinski definition) is 5. The lowest BCUT2D eigenvalue weighted by Crippen LogP contribution is -2.41. The van der Waals surface area contributed by atoms with Crippen LogP contribution in [-0.2, 0) is 16.0 Å². The predicted octanol–water partition coefficient (Wildman–Crippen LogP) is 2.36. The molecule has 2 aromatic heterocycles. The number of nitrogens with one attached hydrogen (secondary N) is 1. The Labute approximate surface area is 201 Å². The van der Waals surface area contributed by atoms with E-state index in [-0.39, 0.29) is 36.1 Å². The second kappa shape index (κ2) is 11.2. The molecule has 184 valence electrons. The molecular formula is C24H28N6O5. The van der Waals surface area contributed by atoms with Gasteiger partial charge in [-0.1, -0.05) is 25.5 Å². The van der Waals surface area contributed by atoms with Gasteiger partial charge >= 0.3 is 11.9 Å². The zero-order chi connectivity index (χ0) is 25.5. The quantitative estimate of drug-likeness (QED) is 0.272. The van der Waals surface area contributed by atoms with Gasteiger partial charge in [-0.3, -0.25) is 9.59 Å². The van der Waals surface area contributed by atoms with E-state index in [0.29, 0.717) is 17.5 Å². The molecule has 0 aliphatic heterocycles. The number of anilines is 2. The van der Waals surface area contributed by atoms with Gasteiger partial charge < -0.3 is 27.0 Å². The molecule has 1 aromatic carbocycles. The number of hydrogen-bond acceptors (Lipinski definition) is 8. The maximum atomic E-state index is 12.5. The predicted molar refractivity (Wildman–Crippen MR) is 130 cm³/mol.